The van der Waals surface area contributed by atoms with Gasteiger partial charge in [0.1, 0.15) is 17.2 Å². The average molecular weight is 647 g/mol. The zero-order chi connectivity index (χ0) is 32.5. The second-order valence-electron chi connectivity index (χ2n) is 10.1. The molecule has 1 fully saturated rings. The van der Waals surface area contributed by atoms with Crippen molar-refractivity contribution in [3.63, 3.8) is 0 Å². The lowest BCUT2D eigenvalue weighted by Crippen LogP contribution is -2.44. The number of Topliss-reactive ketones (excluding diaryl/α,β-unsaturated/α-hetero) is 1. The first-order valence-corrected chi connectivity index (χ1v) is 15.1. The van der Waals surface area contributed by atoms with Crippen molar-refractivity contribution in [1.29, 1.82) is 0 Å². The molecule has 0 spiro atoms. The van der Waals surface area contributed by atoms with E-state index in [1.165, 1.54) is 18.2 Å². The number of carbonyl (C=O) groups is 2. The van der Waals surface area contributed by atoms with Crippen molar-refractivity contribution in [2.75, 3.05) is 11.4 Å². The number of amides is 1. The molecule has 0 aliphatic carbocycles. The number of halogens is 3. The number of benzene rings is 3. The number of ketones is 1. The number of alkyl carbamates (subject to hydrolysis) is 1. The van der Waals surface area contributed by atoms with E-state index in [1.54, 1.807) is 31.2 Å². The molecule has 0 unspecified atom stereocenters. The van der Waals surface area contributed by atoms with Crippen LogP contribution in [0.25, 0.3) is 11.1 Å². The predicted octanol–water partition coefficient (Wildman–Crippen LogP) is 5.52. The van der Waals surface area contributed by atoms with Gasteiger partial charge in [-0.05, 0) is 36.8 Å². The molecule has 1 aromatic heterocycles. The molecule has 1 aliphatic heterocycles. The van der Waals surface area contributed by atoms with E-state index in [0.29, 0.717) is 17.2 Å². The van der Waals surface area contributed by atoms with Gasteiger partial charge in [-0.3, -0.25) is 14.9 Å². The van der Waals surface area contributed by atoms with E-state index in [1.807, 2.05) is 0 Å². The van der Waals surface area contributed by atoms with Gasteiger partial charge in [-0.15, -0.1) is 0 Å². The second-order valence-corrected chi connectivity index (χ2v) is 12.3. The van der Waals surface area contributed by atoms with Crippen LogP contribution in [0.1, 0.15) is 36.0 Å². The molecule has 4 aromatic rings. The number of nitrogens with one attached hydrogen (secondary N) is 1. The summed E-state index contributed by atoms with van der Waals surface area (Å²) in [4.78, 5) is 41.5. The largest absolute Gasteiger partial charge is 0.434 e. The number of para-hydroxylation sites is 4. The summed E-state index contributed by atoms with van der Waals surface area (Å²) in [6.45, 7) is 1.07. The molecule has 1 N–H and O–H groups in total. The second kappa shape index (κ2) is 12.2. The molecule has 0 saturated carbocycles. The number of nitrogens with zero attached hydrogens (tertiary/aromatic N) is 3. The van der Waals surface area contributed by atoms with Crippen molar-refractivity contribution >= 4 is 44.2 Å². The Bertz CT molecular complexity index is 1850. The standard InChI is InChI=1S/C29H25F3N4O8S/c1-2-19(26(37)27-33-20-10-4-7-13-23(20)43-27)34-28(38)44-25-15-17(16-35(25)21-11-5-6-12-22(21)36(39)40)45(41,42)24-14-8-3-9-18(24)29(30,31)32/h3-14,17,19,25H,2,15-16H2,1H3,(H,34,38)/t17-,19+,25+/m1/s1. The van der Waals surface area contributed by atoms with Crippen LogP contribution in [-0.2, 0) is 20.8 Å². The lowest BCUT2D eigenvalue weighted by Gasteiger charge is -2.26. The number of hydrogen-bond acceptors (Lipinski definition) is 10. The summed E-state index contributed by atoms with van der Waals surface area (Å²) < 4.78 is 79.4. The lowest BCUT2D eigenvalue weighted by molar-refractivity contribution is -0.384. The molecule has 3 atom stereocenters. The summed E-state index contributed by atoms with van der Waals surface area (Å²) >= 11 is 0. The third-order valence-corrected chi connectivity index (χ3v) is 9.49. The summed E-state index contributed by atoms with van der Waals surface area (Å²) in [5.74, 6) is -0.933. The van der Waals surface area contributed by atoms with Gasteiger partial charge in [-0.1, -0.05) is 43.3 Å². The Balaban J connectivity index is 1.43. The van der Waals surface area contributed by atoms with Gasteiger partial charge in [0, 0.05) is 19.0 Å². The molecule has 1 aliphatic rings. The van der Waals surface area contributed by atoms with Gasteiger partial charge in [-0.2, -0.15) is 13.2 Å². The van der Waals surface area contributed by atoms with Gasteiger partial charge in [0.15, 0.2) is 21.6 Å². The van der Waals surface area contributed by atoms with Crippen LogP contribution in [0.5, 0.6) is 0 Å². The monoisotopic (exact) mass is 646 g/mol. The maximum Gasteiger partial charge on any atom is 0.417 e. The highest BCUT2D eigenvalue weighted by Gasteiger charge is 2.47. The number of rotatable bonds is 9. The number of nitro groups is 1. The Kier molecular flexibility index (Phi) is 8.51. The molecule has 2 heterocycles. The highest BCUT2D eigenvalue weighted by Crippen LogP contribution is 2.40. The zero-order valence-corrected chi connectivity index (χ0v) is 24.2. The van der Waals surface area contributed by atoms with Crippen molar-refractivity contribution in [3.8, 4) is 0 Å². The predicted molar refractivity (Wildman–Crippen MR) is 153 cm³/mol. The molecule has 0 bridgehead atoms. The minimum atomic E-state index is -4.98. The van der Waals surface area contributed by atoms with Gasteiger partial charge < -0.3 is 19.4 Å². The Hall–Kier alpha value is -4.99. The van der Waals surface area contributed by atoms with Crippen molar-refractivity contribution < 1.29 is 45.3 Å². The quantitative estimate of drug-likeness (QED) is 0.139. The van der Waals surface area contributed by atoms with Crippen LogP contribution in [0.2, 0.25) is 0 Å². The number of hydrogen-bond donors (Lipinski definition) is 1. The number of alkyl halides is 3. The summed E-state index contributed by atoms with van der Waals surface area (Å²) in [6.07, 6.45) is -8.07. The van der Waals surface area contributed by atoms with E-state index < -0.39 is 79.4 Å². The summed E-state index contributed by atoms with van der Waals surface area (Å²) in [7, 11) is -4.70. The number of oxazole rings is 1. The van der Waals surface area contributed by atoms with E-state index in [2.05, 4.69) is 10.3 Å². The highest BCUT2D eigenvalue weighted by molar-refractivity contribution is 7.92. The maximum atomic E-state index is 13.7. The fourth-order valence-electron chi connectivity index (χ4n) is 5.12. The van der Waals surface area contributed by atoms with E-state index in [-0.39, 0.29) is 18.0 Å². The van der Waals surface area contributed by atoms with Crippen LogP contribution >= 0.6 is 0 Å². The molecule has 16 heteroatoms. The Morgan fingerprint density at radius 2 is 1.78 bits per heavy atom. The molecular weight excluding hydrogens is 621 g/mol. The first kappa shape index (κ1) is 31.4. The minimum Gasteiger partial charge on any atom is -0.434 e. The van der Waals surface area contributed by atoms with E-state index >= 15 is 0 Å². The Labute approximate surface area is 253 Å². The summed E-state index contributed by atoms with van der Waals surface area (Å²) in [6, 6.07) is 14.4. The molecule has 236 valence electrons. The first-order chi connectivity index (χ1) is 21.3. The van der Waals surface area contributed by atoms with Crippen molar-refractivity contribution in [2.24, 2.45) is 0 Å². The van der Waals surface area contributed by atoms with Gasteiger partial charge in [-0.25, -0.2) is 18.2 Å². The van der Waals surface area contributed by atoms with Crippen LogP contribution in [0.15, 0.2) is 82.1 Å². The number of nitro benzene ring substituents is 1. The molecule has 1 amide bonds. The summed E-state index contributed by atoms with van der Waals surface area (Å²) in [5.41, 5.74) is -1.16. The molecular formula is C29H25F3N4O8S. The Morgan fingerprint density at radius 3 is 2.47 bits per heavy atom. The third kappa shape index (κ3) is 6.31. The van der Waals surface area contributed by atoms with E-state index in [9.17, 15) is 41.3 Å². The summed E-state index contributed by atoms with van der Waals surface area (Å²) in [5, 5.41) is 12.6. The van der Waals surface area contributed by atoms with Crippen LogP contribution < -0.4 is 10.2 Å². The SMILES string of the molecule is CC[C@H](NC(=O)O[C@H]1C[C@@H](S(=O)(=O)c2ccccc2C(F)(F)F)CN1c1ccccc1[N+](=O)[O-])C(=O)c1nc2ccccc2o1. The highest BCUT2D eigenvalue weighted by atomic mass is 32.2. The Morgan fingerprint density at radius 1 is 1.11 bits per heavy atom. The van der Waals surface area contributed by atoms with Gasteiger partial charge in [0.05, 0.1) is 20.6 Å². The average Bonchev–Trinajstić information content (AvgIpc) is 3.64. The smallest absolute Gasteiger partial charge is 0.417 e. The van der Waals surface area contributed by atoms with Crippen LogP contribution in [-0.4, -0.2) is 54.3 Å². The molecule has 0 radical (unpaired) electrons. The molecule has 3 aromatic carbocycles. The number of fused-ring (bicyclic) bond motifs is 1. The third-order valence-electron chi connectivity index (χ3n) is 7.30. The van der Waals surface area contributed by atoms with E-state index in [0.717, 1.165) is 29.2 Å². The first-order valence-electron chi connectivity index (χ1n) is 13.6. The van der Waals surface area contributed by atoms with Crippen molar-refractivity contribution in [1.82, 2.24) is 10.3 Å². The fourth-order valence-corrected chi connectivity index (χ4v) is 7.02. The van der Waals surface area contributed by atoms with Gasteiger partial charge >= 0.3 is 12.3 Å². The number of carbonyl (C=O) groups excluding carboxylic acids is 2. The molecule has 12 nitrogen and oxygen atoms in total. The van der Waals surface area contributed by atoms with Crippen LogP contribution in [0.3, 0.4) is 0 Å². The van der Waals surface area contributed by atoms with Crippen molar-refractivity contribution in [3.05, 3.63) is 94.4 Å². The van der Waals surface area contributed by atoms with Crippen LogP contribution in [0, 0.1) is 10.1 Å². The van der Waals surface area contributed by atoms with Crippen LogP contribution in [0.4, 0.5) is 29.3 Å². The minimum absolute atomic E-state index is 0.0798. The van der Waals surface area contributed by atoms with Gasteiger partial charge in [0.2, 0.25) is 5.78 Å². The fraction of sp³-hybridized carbons (Fsp3) is 0.276. The number of ether oxygens (including phenoxy) is 1. The van der Waals surface area contributed by atoms with E-state index in [4.69, 9.17) is 9.15 Å². The molecule has 5 rings (SSSR count). The number of sulfone groups is 1. The maximum absolute atomic E-state index is 13.7. The normalized spacial score (nSPS) is 17.6. The lowest BCUT2D eigenvalue weighted by atomic mass is 10.1. The van der Waals surface area contributed by atoms with Gasteiger partial charge in [0.25, 0.3) is 11.6 Å². The number of anilines is 1. The topological polar surface area (TPSA) is 162 Å². The number of aromatic nitrogens is 1. The zero-order valence-electron chi connectivity index (χ0n) is 23.4. The van der Waals surface area contributed by atoms with Crippen molar-refractivity contribution in [2.45, 2.75) is 48.4 Å². The molecule has 45 heavy (non-hydrogen) atoms. The molecule has 1 saturated heterocycles.